The van der Waals surface area contributed by atoms with Crippen molar-refractivity contribution in [3.63, 3.8) is 0 Å². The Hall–Kier alpha value is -3.00. The van der Waals surface area contributed by atoms with E-state index in [-0.39, 0.29) is 17.7 Å². The Morgan fingerprint density at radius 1 is 1.13 bits per heavy atom. The lowest BCUT2D eigenvalue weighted by Crippen LogP contribution is -2.31. The summed E-state index contributed by atoms with van der Waals surface area (Å²) in [6, 6.07) is 17.4. The number of carbonyl (C=O) groups excluding carboxylic acids is 1. The van der Waals surface area contributed by atoms with E-state index in [1.54, 1.807) is 7.11 Å². The van der Waals surface area contributed by atoms with Crippen molar-refractivity contribution in [2.24, 2.45) is 5.92 Å². The maximum atomic E-state index is 12.6. The molecule has 3 aromatic rings. The summed E-state index contributed by atoms with van der Waals surface area (Å²) in [4.78, 5) is 12.6. The molecule has 158 valence electrons. The van der Waals surface area contributed by atoms with Crippen LogP contribution >= 0.6 is 11.8 Å². The molecule has 3 N–H and O–H groups in total. The van der Waals surface area contributed by atoms with Gasteiger partial charge >= 0.3 is 0 Å². The van der Waals surface area contributed by atoms with Gasteiger partial charge in [-0.05, 0) is 30.0 Å². The predicted octanol–water partition coefficient (Wildman–Crippen LogP) is 3.66. The second kappa shape index (κ2) is 10.2. The van der Waals surface area contributed by atoms with Gasteiger partial charge in [-0.25, -0.2) is 4.68 Å². The van der Waals surface area contributed by atoms with E-state index in [4.69, 9.17) is 10.6 Å². The molecule has 0 aliphatic heterocycles. The van der Waals surface area contributed by atoms with Crippen molar-refractivity contribution < 1.29 is 9.53 Å². The van der Waals surface area contributed by atoms with E-state index < -0.39 is 0 Å². The number of nitrogens with one attached hydrogen (secondary N) is 1. The van der Waals surface area contributed by atoms with Crippen LogP contribution in [0.15, 0.2) is 59.8 Å². The summed E-state index contributed by atoms with van der Waals surface area (Å²) in [5.74, 6) is 7.91. The minimum Gasteiger partial charge on any atom is -0.496 e. The molecule has 0 radical (unpaired) electrons. The molecule has 0 saturated heterocycles. The van der Waals surface area contributed by atoms with Gasteiger partial charge in [-0.3, -0.25) is 4.79 Å². The normalized spacial score (nSPS) is 12.0. The molecule has 0 bridgehead atoms. The highest BCUT2D eigenvalue weighted by Gasteiger charge is 2.19. The lowest BCUT2D eigenvalue weighted by molar-refractivity contribution is -0.119. The second-order valence-corrected chi connectivity index (χ2v) is 8.27. The zero-order valence-electron chi connectivity index (χ0n) is 17.4. The fourth-order valence-electron chi connectivity index (χ4n) is 3.19. The number of para-hydroxylation sites is 1. The molecule has 30 heavy (non-hydrogen) atoms. The number of hydrogen-bond donors (Lipinski definition) is 2. The van der Waals surface area contributed by atoms with Crippen molar-refractivity contribution >= 4 is 17.7 Å². The molecular weight excluding hydrogens is 398 g/mol. The minimum atomic E-state index is -0.0728. The number of aromatic nitrogens is 3. The number of methoxy groups -OCH3 is 1. The van der Waals surface area contributed by atoms with Gasteiger partial charge in [0.15, 0.2) is 5.82 Å². The molecule has 0 saturated carbocycles. The number of ether oxygens (including phenoxy) is 1. The van der Waals surface area contributed by atoms with Crippen LogP contribution in [0.4, 0.5) is 0 Å². The van der Waals surface area contributed by atoms with Crippen molar-refractivity contribution in [3.8, 4) is 17.1 Å². The summed E-state index contributed by atoms with van der Waals surface area (Å²) < 4.78 is 6.76. The quantitative estimate of drug-likeness (QED) is 0.401. The lowest BCUT2D eigenvalue weighted by atomic mass is 9.97. The molecule has 0 aliphatic carbocycles. The molecule has 1 aromatic heterocycles. The Kier molecular flexibility index (Phi) is 7.35. The summed E-state index contributed by atoms with van der Waals surface area (Å²) >= 11 is 1.25. The van der Waals surface area contributed by atoms with Gasteiger partial charge in [-0.1, -0.05) is 68.1 Å². The molecule has 1 amide bonds. The van der Waals surface area contributed by atoms with Gasteiger partial charge < -0.3 is 15.9 Å². The topological polar surface area (TPSA) is 95.1 Å². The summed E-state index contributed by atoms with van der Waals surface area (Å²) in [5.41, 5.74) is 1.84. The number of carbonyl (C=O) groups is 1. The molecule has 0 fully saturated rings. The fraction of sp³-hybridized carbons (Fsp3) is 0.318. The number of rotatable bonds is 9. The van der Waals surface area contributed by atoms with E-state index in [1.807, 2.05) is 54.6 Å². The predicted molar refractivity (Wildman–Crippen MR) is 120 cm³/mol. The monoisotopic (exact) mass is 425 g/mol. The Balaban J connectivity index is 1.66. The number of thioether (sulfide) groups is 1. The van der Waals surface area contributed by atoms with Crippen molar-refractivity contribution in [1.82, 2.24) is 20.2 Å². The molecule has 8 heteroatoms. The fourth-order valence-corrected chi connectivity index (χ4v) is 3.86. The van der Waals surface area contributed by atoms with E-state index >= 15 is 0 Å². The van der Waals surface area contributed by atoms with Gasteiger partial charge in [0.1, 0.15) is 5.75 Å². The Labute approximate surface area is 181 Å². The molecule has 1 atom stereocenters. The van der Waals surface area contributed by atoms with Gasteiger partial charge in [0.05, 0.1) is 24.5 Å². The summed E-state index contributed by atoms with van der Waals surface area (Å²) in [6.45, 7) is 4.29. The van der Waals surface area contributed by atoms with Crippen molar-refractivity contribution in [3.05, 3.63) is 60.2 Å². The first-order valence-corrected chi connectivity index (χ1v) is 10.8. The first-order chi connectivity index (χ1) is 14.5. The third-order valence-electron chi connectivity index (χ3n) is 4.59. The largest absolute Gasteiger partial charge is 0.496 e. The van der Waals surface area contributed by atoms with Crippen molar-refractivity contribution in [2.75, 3.05) is 18.7 Å². The van der Waals surface area contributed by atoms with Gasteiger partial charge in [0.2, 0.25) is 11.1 Å². The van der Waals surface area contributed by atoms with Crippen LogP contribution in [-0.2, 0) is 4.79 Å². The van der Waals surface area contributed by atoms with Gasteiger partial charge in [-0.15, -0.1) is 10.2 Å². The third kappa shape index (κ3) is 5.33. The van der Waals surface area contributed by atoms with Gasteiger partial charge in [-0.2, -0.15) is 0 Å². The maximum absolute atomic E-state index is 12.6. The number of benzene rings is 2. The van der Waals surface area contributed by atoms with Crippen LogP contribution in [0, 0.1) is 5.92 Å². The van der Waals surface area contributed by atoms with E-state index in [0.717, 1.165) is 17.5 Å². The highest BCUT2D eigenvalue weighted by atomic mass is 32.2. The van der Waals surface area contributed by atoms with Crippen LogP contribution in [-0.4, -0.2) is 33.6 Å². The number of nitrogens with zero attached hydrogens (tertiary/aromatic N) is 3. The first-order valence-electron chi connectivity index (χ1n) is 9.80. The summed E-state index contributed by atoms with van der Waals surface area (Å²) in [5, 5.41) is 11.9. The van der Waals surface area contributed by atoms with Gasteiger partial charge in [0, 0.05) is 0 Å². The van der Waals surface area contributed by atoms with Crippen LogP contribution in [0.5, 0.6) is 5.75 Å². The van der Waals surface area contributed by atoms with Crippen LogP contribution < -0.4 is 15.9 Å². The molecular formula is C22H27N5O2S. The SMILES string of the molecule is COc1ccccc1-c1nnc(SCC(=O)NC(CC(C)C)c2ccccc2)n1N. The third-order valence-corrected chi connectivity index (χ3v) is 5.53. The number of amides is 1. The van der Waals surface area contributed by atoms with E-state index in [0.29, 0.717) is 22.6 Å². The van der Waals surface area contributed by atoms with Crippen LogP contribution in [0.2, 0.25) is 0 Å². The van der Waals surface area contributed by atoms with Gasteiger partial charge in [0.25, 0.3) is 0 Å². The molecule has 1 unspecified atom stereocenters. The standard InChI is InChI=1S/C22H27N5O2S/c1-15(2)13-18(16-9-5-4-6-10-16)24-20(28)14-30-22-26-25-21(27(22)23)17-11-7-8-12-19(17)29-3/h4-12,15,18H,13-14,23H2,1-3H3,(H,24,28). The summed E-state index contributed by atoms with van der Waals surface area (Å²) in [7, 11) is 1.59. The Morgan fingerprint density at radius 2 is 1.83 bits per heavy atom. The van der Waals surface area contributed by atoms with Crippen molar-refractivity contribution in [2.45, 2.75) is 31.5 Å². The average molecular weight is 426 g/mol. The summed E-state index contributed by atoms with van der Waals surface area (Å²) in [6.07, 6.45) is 0.867. The Morgan fingerprint density at radius 3 is 2.53 bits per heavy atom. The second-order valence-electron chi connectivity index (χ2n) is 7.33. The molecule has 2 aromatic carbocycles. The molecule has 7 nitrogen and oxygen atoms in total. The van der Waals surface area contributed by atoms with E-state index in [9.17, 15) is 4.79 Å². The molecule has 3 rings (SSSR count). The zero-order chi connectivity index (χ0) is 21.5. The highest BCUT2D eigenvalue weighted by Crippen LogP contribution is 2.29. The smallest absolute Gasteiger partial charge is 0.230 e. The number of nitrogens with two attached hydrogens (primary N) is 1. The lowest BCUT2D eigenvalue weighted by Gasteiger charge is -2.21. The Bertz CT molecular complexity index is 975. The molecule has 0 spiro atoms. The molecule has 0 aliphatic rings. The molecule has 1 heterocycles. The highest BCUT2D eigenvalue weighted by molar-refractivity contribution is 7.99. The van der Waals surface area contributed by atoms with E-state index in [2.05, 4.69) is 29.4 Å². The minimum absolute atomic E-state index is 0.0285. The van der Waals surface area contributed by atoms with E-state index in [1.165, 1.54) is 16.4 Å². The maximum Gasteiger partial charge on any atom is 0.230 e. The first kappa shape index (κ1) is 21.7. The van der Waals surface area contributed by atoms with Crippen LogP contribution in [0.1, 0.15) is 31.9 Å². The number of nitrogen functional groups attached to an aromatic ring is 1. The number of hydrogen-bond acceptors (Lipinski definition) is 6. The van der Waals surface area contributed by atoms with Crippen LogP contribution in [0.3, 0.4) is 0 Å². The van der Waals surface area contributed by atoms with Crippen molar-refractivity contribution in [1.29, 1.82) is 0 Å². The average Bonchev–Trinajstić information content (AvgIpc) is 3.12. The zero-order valence-corrected chi connectivity index (χ0v) is 18.2. The van der Waals surface area contributed by atoms with Crippen LogP contribution in [0.25, 0.3) is 11.4 Å².